The molecular weight excluding hydrogens is 374 g/mol. The Morgan fingerprint density at radius 2 is 2.08 bits per heavy atom. The van der Waals surface area contributed by atoms with E-state index in [1.165, 1.54) is 0 Å². The number of hydrogen-bond donors (Lipinski definition) is 2. The molecule has 1 saturated heterocycles. The molecule has 1 aliphatic heterocycles. The Morgan fingerprint density at radius 1 is 1.38 bits per heavy atom. The van der Waals surface area contributed by atoms with Gasteiger partial charge in [0.25, 0.3) is 0 Å². The van der Waals surface area contributed by atoms with Crippen molar-refractivity contribution in [3.63, 3.8) is 0 Å². The summed E-state index contributed by atoms with van der Waals surface area (Å²) in [5.74, 6) is 0.546. The lowest BCUT2D eigenvalue weighted by Gasteiger charge is -2.31. The number of primary amides is 1. The molecule has 1 aromatic rings. The van der Waals surface area contributed by atoms with Crippen molar-refractivity contribution in [1.82, 2.24) is 10.2 Å². The van der Waals surface area contributed by atoms with Gasteiger partial charge in [0.05, 0.1) is 18.1 Å². The van der Waals surface area contributed by atoms with Gasteiger partial charge in [-0.25, -0.2) is 0 Å². The Kier molecular flexibility index (Phi) is 7.05. The smallest absolute Gasteiger partial charge is 0.231 e. The van der Waals surface area contributed by atoms with Crippen LogP contribution in [0.25, 0.3) is 0 Å². The fourth-order valence-electron chi connectivity index (χ4n) is 2.88. The summed E-state index contributed by atoms with van der Waals surface area (Å²) >= 11 is 3.45. The van der Waals surface area contributed by atoms with Crippen LogP contribution in [-0.2, 0) is 16.0 Å². The van der Waals surface area contributed by atoms with Crippen molar-refractivity contribution in [2.24, 2.45) is 5.73 Å². The lowest BCUT2D eigenvalue weighted by molar-refractivity contribution is -0.123. The zero-order valence-corrected chi connectivity index (χ0v) is 15.5. The predicted octanol–water partition coefficient (Wildman–Crippen LogP) is 1.46. The molecule has 0 bridgehead atoms. The van der Waals surface area contributed by atoms with E-state index in [1.54, 1.807) is 7.11 Å². The second-order valence-electron chi connectivity index (χ2n) is 6.05. The van der Waals surface area contributed by atoms with E-state index in [2.05, 4.69) is 21.2 Å². The highest BCUT2D eigenvalue weighted by Crippen LogP contribution is 2.26. The molecule has 3 N–H and O–H groups in total. The minimum atomic E-state index is -0.303. The number of rotatable bonds is 7. The van der Waals surface area contributed by atoms with Crippen molar-refractivity contribution in [2.75, 3.05) is 26.7 Å². The summed E-state index contributed by atoms with van der Waals surface area (Å²) in [6.45, 7) is 1.88. The lowest BCUT2D eigenvalue weighted by Crippen LogP contribution is -2.46. The van der Waals surface area contributed by atoms with Gasteiger partial charge < -0.3 is 15.8 Å². The van der Waals surface area contributed by atoms with Gasteiger partial charge in [0, 0.05) is 25.6 Å². The standard InChI is InChI=1S/C17H24BrN3O3/c1-24-15-4-2-12(10-14(15)18)3-5-17(23)20-13-6-8-21(9-7-13)11-16(19)22/h2,4,10,13H,3,5-9,11H2,1H3,(H2,19,22)(H,20,23). The van der Waals surface area contributed by atoms with Crippen LogP contribution in [0.3, 0.4) is 0 Å². The SMILES string of the molecule is COc1ccc(CCC(=O)NC2CCN(CC(N)=O)CC2)cc1Br. The number of ether oxygens (including phenoxy) is 1. The molecule has 1 heterocycles. The third-order valence-corrected chi connectivity index (χ3v) is 4.81. The van der Waals surface area contributed by atoms with Crippen LogP contribution in [0.2, 0.25) is 0 Å². The summed E-state index contributed by atoms with van der Waals surface area (Å²) in [6, 6.07) is 6.03. The molecule has 2 amide bonds. The number of nitrogens with zero attached hydrogens (tertiary/aromatic N) is 1. The number of piperidine rings is 1. The number of nitrogens with one attached hydrogen (secondary N) is 1. The maximum Gasteiger partial charge on any atom is 0.231 e. The zero-order valence-electron chi connectivity index (χ0n) is 13.9. The van der Waals surface area contributed by atoms with Gasteiger partial charge in [0.15, 0.2) is 0 Å². The van der Waals surface area contributed by atoms with Crippen LogP contribution >= 0.6 is 15.9 Å². The van der Waals surface area contributed by atoms with Gasteiger partial charge in [-0.3, -0.25) is 14.5 Å². The number of hydrogen-bond acceptors (Lipinski definition) is 4. The van der Waals surface area contributed by atoms with E-state index in [0.29, 0.717) is 19.4 Å². The number of carbonyl (C=O) groups is 2. The van der Waals surface area contributed by atoms with Gasteiger partial charge in [0.1, 0.15) is 5.75 Å². The minimum absolute atomic E-state index is 0.0651. The fourth-order valence-corrected chi connectivity index (χ4v) is 3.47. The largest absolute Gasteiger partial charge is 0.496 e. The van der Waals surface area contributed by atoms with Crippen LogP contribution in [-0.4, -0.2) is 49.5 Å². The molecule has 2 rings (SSSR count). The van der Waals surface area contributed by atoms with Gasteiger partial charge in [-0.15, -0.1) is 0 Å². The van der Waals surface area contributed by atoms with Crippen molar-refractivity contribution >= 4 is 27.7 Å². The Hall–Kier alpha value is -1.60. The van der Waals surface area contributed by atoms with Gasteiger partial charge >= 0.3 is 0 Å². The number of benzene rings is 1. The number of amides is 2. The molecule has 24 heavy (non-hydrogen) atoms. The highest BCUT2D eigenvalue weighted by molar-refractivity contribution is 9.10. The third kappa shape index (κ3) is 5.79. The molecule has 7 heteroatoms. The molecule has 0 aliphatic carbocycles. The van der Waals surface area contributed by atoms with E-state index in [9.17, 15) is 9.59 Å². The van der Waals surface area contributed by atoms with Gasteiger partial charge in [-0.1, -0.05) is 6.07 Å². The van der Waals surface area contributed by atoms with Gasteiger partial charge in [-0.2, -0.15) is 0 Å². The monoisotopic (exact) mass is 397 g/mol. The second-order valence-corrected chi connectivity index (χ2v) is 6.91. The summed E-state index contributed by atoms with van der Waals surface area (Å²) in [7, 11) is 1.63. The van der Waals surface area contributed by atoms with E-state index < -0.39 is 0 Å². The highest BCUT2D eigenvalue weighted by Gasteiger charge is 2.21. The maximum atomic E-state index is 12.1. The number of aryl methyl sites for hydroxylation is 1. The molecule has 132 valence electrons. The number of nitrogens with two attached hydrogens (primary N) is 1. The summed E-state index contributed by atoms with van der Waals surface area (Å²) in [6.07, 6.45) is 2.86. The normalized spacial score (nSPS) is 15.9. The molecule has 0 aromatic heterocycles. The van der Waals surface area contributed by atoms with E-state index in [-0.39, 0.29) is 17.9 Å². The molecule has 0 radical (unpaired) electrons. The fraction of sp³-hybridized carbons (Fsp3) is 0.529. The first-order valence-electron chi connectivity index (χ1n) is 8.10. The number of carbonyl (C=O) groups excluding carboxylic acids is 2. The van der Waals surface area contributed by atoms with Crippen LogP contribution in [0, 0.1) is 0 Å². The average molecular weight is 398 g/mol. The molecule has 6 nitrogen and oxygen atoms in total. The minimum Gasteiger partial charge on any atom is -0.496 e. The van der Waals surface area contributed by atoms with Crippen LogP contribution in [0.5, 0.6) is 5.75 Å². The molecule has 0 spiro atoms. The summed E-state index contributed by atoms with van der Waals surface area (Å²) in [5.41, 5.74) is 6.29. The molecule has 0 unspecified atom stereocenters. The van der Waals surface area contributed by atoms with Crippen molar-refractivity contribution in [1.29, 1.82) is 0 Å². The molecule has 1 aliphatic rings. The first kappa shape index (κ1) is 18.7. The van der Waals surface area contributed by atoms with Crippen molar-refractivity contribution in [2.45, 2.75) is 31.7 Å². The summed E-state index contributed by atoms with van der Waals surface area (Å²) < 4.78 is 6.09. The second kappa shape index (κ2) is 9.03. The van der Waals surface area contributed by atoms with Crippen molar-refractivity contribution < 1.29 is 14.3 Å². The highest BCUT2D eigenvalue weighted by atomic mass is 79.9. The topological polar surface area (TPSA) is 84.7 Å². The van der Waals surface area contributed by atoms with Crippen LogP contribution in [0.4, 0.5) is 0 Å². The predicted molar refractivity (Wildman–Crippen MR) is 95.8 cm³/mol. The van der Waals surface area contributed by atoms with Crippen LogP contribution in [0.15, 0.2) is 22.7 Å². The maximum absolute atomic E-state index is 12.1. The van der Waals surface area contributed by atoms with Crippen LogP contribution < -0.4 is 15.8 Å². The number of likely N-dealkylation sites (tertiary alicyclic amines) is 1. The van der Waals surface area contributed by atoms with Crippen LogP contribution in [0.1, 0.15) is 24.8 Å². The molecule has 0 atom stereocenters. The Balaban J connectivity index is 1.72. The molecule has 1 aromatic carbocycles. The molecular formula is C17H24BrN3O3. The van der Waals surface area contributed by atoms with Crippen molar-refractivity contribution in [3.05, 3.63) is 28.2 Å². The average Bonchev–Trinajstić information content (AvgIpc) is 2.54. The summed E-state index contributed by atoms with van der Waals surface area (Å²) in [5, 5.41) is 3.08. The Labute approximate surface area is 150 Å². The first-order chi connectivity index (χ1) is 11.5. The summed E-state index contributed by atoms with van der Waals surface area (Å²) in [4.78, 5) is 25.1. The Bertz CT molecular complexity index is 586. The Morgan fingerprint density at radius 3 is 2.67 bits per heavy atom. The number of halogens is 1. The molecule has 0 saturated carbocycles. The first-order valence-corrected chi connectivity index (χ1v) is 8.89. The van der Waals surface area contributed by atoms with Gasteiger partial charge in [-0.05, 0) is 52.9 Å². The van der Waals surface area contributed by atoms with E-state index in [4.69, 9.17) is 10.5 Å². The number of methoxy groups -OCH3 is 1. The van der Waals surface area contributed by atoms with E-state index >= 15 is 0 Å². The van der Waals surface area contributed by atoms with E-state index in [0.717, 1.165) is 41.7 Å². The molecule has 1 fully saturated rings. The lowest BCUT2D eigenvalue weighted by atomic mass is 10.0. The zero-order chi connectivity index (χ0) is 17.5. The quantitative estimate of drug-likeness (QED) is 0.729. The third-order valence-electron chi connectivity index (χ3n) is 4.19. The van der Waals surface area contributed by atoms with E-state index in [1.807, 2.05) is 23.1 Å². The van der Waals surface area contributed by atoms with Crippen molar-refractivity contribution in [3.8, 4) is 5.75 Å². The van der Waals surface area contributed by atoms with Gasteiger partial charge in [0.2, 0.25) is 11.8 Å².